The first-order valence-electron chi connectivity index (χ1n) is 7.65. The summed E-state index contributed by atoms with van der Waals surface area (Å²) in [6, 6.07) is 7.44. The Balaban J connectivity index is 1.89. The smallest absolute Gasteiger partial charge is 0.123 e. The normalized spacial score (nSPS) is 21.7. The third-order valence-electron chi connectivity index (χ3n) is 4.16. The SMILES string of the molecule is CC(C)(C)C1CN(CCc2ccc(F)cc2)CCCN1. The minimum absolute atomic E-state index is 0.152. The van der Waals surface area contributed by atoms with Crippen LogP contribution in [0.3, 0.4) is 0 Å². The van der Waals surface area contributed by atoms with Crippen LogP contribution in [0.25, 0.3) is 0 Å². The molecule has 1 aromatic rings. The predicted octanol–water partition coefficient (Wildman–Crippen LogP) is 3.08. The molecular formula is C17H27FN2. The van der Waals surface area contributed by atoms with Crippen molar-refractivity contribution in [3.05, 3.63) is 35.6 Å². The van der Waals surface area contributed by atoms with E-state index in [0.29, 0.717) is 11.5 Å². The van der Waals surface area contributed by atoms with Gasteiger partial charge in [-0.15, -0.1) is 0 Å². The highest BCUT2D eigenvalue weighted by Gasteiger charge is 2.27. The average Bonchev–Trinajstić information content (AvgIpc) is 2.63. The van der Waals surface area contributed by atoms with Crippen LogP contribution in [0.2, 0.25) is 0 Å². The molecule has 1 aliphatic heterocycles. The van der Waals surface area contributed by atoms with Gasteiger partial charge in [0.2, 0.25) is 0 Å². The summed E-state index contributed by atoms with van der Waals surface area (Å²) in [6.07, 6.45) is 2.20. The van der Waals surface area contributed by atoms with Gasteiger partial charge in [-0.25, -0.2) is 4.39 Å². The van der Waals surface area contributed by atoms with Crippen molar-refractivity contribution in [3.63, 3.8) is 0 Å². The van der Waals surface area contributed by atoms with Gasteiger partial charge in [0, 0.05) is 19.1 Å². The van der Waals surface area contributed by atoms with Gasteiger partial charge < -0.3 is 10.2 Å². The second kappa shape index (κ2) is 6.68. The molecule has 1 N–H and O–H groups in total. The van der Waals surface area contributed by atoms with Crippen LogP contribution in [0.1, 0.15) is 32.8 Å². The minimum Gasteiger partial charge on any atom is -0.312 e. The van der Waals surface area contributed by atoms with E-state index in [0.717, 1.165) is 32.6 Å². The lowest BCUT2D eigenvalue weighted by atomic mass is 9.86. The monoisotopic (exact) mass is 278 g/mol. The van der Waals surface area contributed by atoms with Crippen molar-refractivity contribution in [2.24, 2.45) is 5.41 Å². The summed E-state index contributed by atoms with van der Waals surface area (Å²) in [5.74, 6) is -0.152. The van der Waals surface area contributed by atoms with Gasteiger partial charge in [-0.1, -0.05) is 32.9 Å². The van der Waals surface area contributed by atoms with E-state index in [2.05, 4.69) is 31.0 Å². The molecule has 0 amide bonds. The highest BCUT2D eigenvalue weighted by molar-refractivity contribution is 5.16. The van der Waals surface area contributed by atoms with Crippen molar-refractivity contribution in [2.75, 3.05) is 26.2 Å². The summed E-state index contributed by atoms with van der Waals surface area (Å²) < 4.78 is 12.9. The van der Waals surface area contributed by atoms with E-state index in [1.165, 1.54) is 12.0 Å². The Morgan fingerprint density at radius 2 is 1.95 bits per heavy atom. The van der Waals surface area contributed by atoms with E-state index in [-0.39, 0.29) is 5.82 Å². The Hall–Kier alpha value is -0.930. The molecule has 1 aliphatic rings. The number of nitrogens with one attached hydrogen (secondary N) is 1. The largest absolute Gasteiger partial charge is 0.312 e. The fraction of sp³-hybridized carbons (Fsp3) is 0.647. The van der Waals surface area contributed by atoms with Crippen LogP contribution in [0.4, 0.5) is 4.39 Å². The molecule has 1 heterocycles. The fourth-order valence-corrected chi connectivity index (χ4v) is 2.71. The molecule has 0 aromatic heterocycles. The molecular weight excluding hydrogens is 251 g/mol. The molecule has 1 atom stereocenters. The lowest BCUT2D eigenvalue weighted by Crippen LogP contribution is -2.46. The second-order valence-corrected chi connectivity index (χ2v) is 6.90. The maximum Gasteiger partial charge on any atom is 0.123 e. The Labute approximate surface area is 122 Å². The van der Waals surface area contributed by atoms with Crippen molar-refractivity contribution in [2.45, 2.75) is 39.7 Å². The number of hydrogen-bond acceptors (Lipinski definition) is 2. The number of halogens is 1. The fourth-order valence-electron chi connectivity index (χ4n) is 2.71. The summed E-state index contributed by atoms with van der Waals surface area (Å²) in [6.45, 7) is 11.3. The number of nitrogens with zero attached hydrogens (tertiary/aromatic N) is 1. The molecule has 0 aliphatic carbocycles. The van der Waals surface area contributed by atoms with Gasteiger partial charge in [0.15, 0.2) is 0 Å². The summed E-state index contributed by atoms with van der Waals surface area (Å²) in [7, 11) is 0. The third-order valence-corrected chi connectivity index (χ3v) is 4.16. The van der Waals surface area contributed by atoms with Crippen LogP contribution >= 0.6 is 0 Å². The molecule has 112 valence electrons. The zero-order chi connectivity index (χ0) is 14.6. The van der Waals surface area contributed by atoms with Gasteiger partial charge >= 0.3 is 0 Å². The van der Waals surface area contributed by atoms with Gasteiger partial charge in [0.05, 0.1) is 0 Å². The molecule has 1 aromatic carbocycles. The number of benzene rings is 1. The molecule has 0 spiro atoms. The van der Waals surface area contributed by atoms with Crippen molar-refractivity contribution < 1.29 is 4.39 Å². The van der Waals surface area contributed by atoms with E-state index < -0.39 is 0 Å². The molecule has 1 unspecified atom stereocenters. The molecule has 0 bridgehead atoms. The highest BCUT2D eigenvalue weighted by atomic mass is 19.1. The minimum atomic E-state index is -0.152. The van der Waals surface area contributed by atoms with Gasteiger partial charge in [-0.05, 0) is 49.0 Å². The average molecular weight is 278 g/mol. The van der Waals surface area contributed by atoms with E-state index in [9.17, 15) is 4.39 Å². The molecule has 0 radical (unpaired) electrons. The highest BCUT2D eigenvalue weighted by Crippen LogP contribution is 2.21. The van der Waals surface area contributed by atoms with Crippen molar-refractivity contribution in [1.29, 1.82) is 0 Å². The first-order valence-corrected chi connectivity index (χ1v) is 7.65. The van der Waals surface area contributed by atoms with Crippen LogP contribution in [0, 0.1) is 11.2 Å². The summed E-state index contributed by atoms with van der Waals surface area (Å²) >= 11 is 0. The van der Waals surface area contributed by atoms with Gasteiger partial charge in [0.1, 0.15) is 5.82 Å². The van der Waals surface area contributed by atoms with Crippen LogP contribution in [0.5, 0.6) is 0 Å². The van der Waals surface area contributed by atoms with Gasteiger partial charge in [-0.3, -0.25) is 0 Å². The summed E-state index contributed by atoms with van der Waals surface area (Å²) in [4.78, 5) is 2.54. The summed E-state index contributed by atoms with van der Waals surface area (Å²) in [5, 5.41) is 3.67. The molecule has 1 fully saturated rings. The Morgan fingerprint density at radius 1 is 1.25 bits per heavy atom. The first kappa shape index (κ1) is 15.5. The van der Waals surface area contributed by atoms with Crippen molar-refractivity contribution in [1.82, 2.24) is 10.2 Å². The summed E-state index contributed by atoms with van der Waals surface area (Å²) in [5.41, 5.74) is 1.51. The molecule has 2 nitrogen and oxygen atoms in total. The van der Waals surface area contributed by atoms with Crippen molar-refractivity contribution >= 4 is 0 Å². The van der Waals surface area contributed by atoms with Crippen LogP contribution in [0.15, 0.2) is 24.3 Å². The third kappa shape index (κ3) is 4.57. The molecule has 2 rings (SSSR count). The van der Waals surface area contributed by atoms with Crippen LogP contribution in [-0.4, -0.2) is 37.1 Å². The molecule has 3 heteroatoms. The topological polar surface area (TPSA) is 15.3 Å². The number of rotatable bonds is 3. The maximum absolute atomic E-state index is 12.9. The van der Waals surface area contributed by atoms with Gasteiger partial charge in [0.25, 0.3) is 0 Å². The molecule has 0 saturated carbocycles. The van der Waals surface area contributed by atoms with E-state index >= 15 is 0 Å². The lowest BCUT2D eigenvalue weighted by molar-refractivity contribution is 0.198. The quantitative estimate of drug-likeness (QED) is 0.914. The van der Waals surface area contributed by atoms with E-state index in [1.807, 2.05) is 12.1 Å². The zero-order valence-corrected chi connectivity index (χ0v) is 13.0. The first-order chi connectivity index (χ1) is 9.45. The van der Waals surface area contributed by atoms with Gasteiger partial charge in [-0.2, -0.15) is 0 Å². The molecule has 20 heavy (non-hydrogen) atoms. The van der Waals surface area contributed by atoms with E-state index in [4.69, 9.17) is 0 Å². The lowest BCUT2D eigenvalue weighted by Gasteiger charge is -2.33. The Bertz CT molecular complexity index is 408. The van der Waals surface area contributed by atoms with E-state index in [1.54, 1.807) is 12.1 Å². The van der Waals surface area contributed by atoms with Crippen LogP contribution < -0.4 is 5.32 Å². The Kier molecular flexibility index (Phi) is 5.17. The zero-order valence-electron chi connectivity index (χ0n) is 13.0. The predicted molar refractivity (Wildman–Crippen MR) is 82.4 cm³/mol. The van der Waals surface area contributed by atoms with Crippen molar-refractivity contribution in [3.8, 4) is 0 Å². The van der Waals surface area contributed by atoms with Crippen LogP contribution in [-0.2, 0) is 6.42 Å². The number of hydrogen-bond donors (Lipinski definition) is 1. The standard InChI is InChI=1S/C17H27FN2/c1-17(2,3)16-13-20(11-4-10-19-16)12-9-14-5-7-15(18)8-6-14/h5-8,16,19H,4,9-13H2,1-3H3. The maximum atomic E-state index is 12.9. The molecule has 1 saturated heterocycles. The Morgan fingerprint density at radius 3 is 2.60 bits per heavy atom. The second-order valence-electron chi connectivity index (χ2n) is 6.90.